The lowest BCUT2D eigenvalue weighted by molar-refractivity contribution is 0.0929. The number of ether oxygens (including phenoxy) is 3. The molecule has 0 spiro atoms. The first-order valence-electron chi connectivity index (χ1n) is 5.98. The average molecular weight is 277 g/mol. The van der Waals surface area contributed by atoms with Gasteiger partial charge in [-0.25, -0.2) is 0 Å². The molecule has 0 saturated heterocycles. The maximum Gasteiger partial charge on any atom is 0.252 e. The zero-order valence-electron chi connectivity index (χ0n) is 12.4. The van der Waals surface area contributed by atoms with E-state index >= 15 is 0 Å². The highest BCUT2D eigenvalue weighted by molar-refractivity contribution is 5.96. The highest BCUT2D eigenvalue weighted by atomic mass is 16.5. The maximum atomic E-state index is 12.2. The van der Waals surface area contributed by atoms with Crippen molar-refractivity contribution in [3.8, 4) is 29.6 Å². The fourth-order valence-corrected chi connectivity index (χ4v) is 1.60. The van der Waals surface area contributed by atoms with Crippen molar-refractivity contribution in [3.63, 3.8) is 0 Å². The van der Waals surface area contributed by atoms with E-state index in [9.17, 15) is 4.79 Å². The number of nitrogens with one attached hydrogen (secondary N) is 1. The largest absolute Gasteiger partial charge is 0.493 e. The molecule has 1 amide bonds. The van der Waals surface area contributed by atoms with Crippen molar-refractivity contribution >= 4 is 5.91 Å². The molecule has 0 saturated carbocycles. The van der Waals surface area contributed by atoms with Gasteiger partial charge in [0, 0.05) is 5.56 Å². The molecule has 0 radical (unpaired) electrons. The number of terminal acetylenes is 1. The van der Waals surface area contributed by atoms with Gasteiger partial charge in [0.2, 0.25) is 5.75 Å². The Labute approximate surface area is 119 Å². The van der Waals surface area contributed by atoms with Crippen molar-refractivity contribution in [2.24, 2.45) is 0 Å². The molecule has 5 heteroatoms. The SMILES string of the molecule is C#CC(C)(C)NC(=O)c1cc(OC)c(OC)c(OC)c1. The van der Waals surface area contributed by atoms with Crippen molar-refractivity contribution in [3.05, 3.63) is 17.7 Å². The smallest absolute Gasteiger partial charge is 0.252 e. The summed E-state index contributed by atoms with van der Waals surface area (Å²) < 4.78 is 15.6. The zero-order valence-corrected chi connectivity index (χ0v) is 12.4. The van der Waals surface area contributed by atoms with E-state index in [1.165, 1.54) is 21.3 Å². The first-order valence-corrected chi connectivity index (χ1v) is 5.98. The number of hydrogen-bond donors (Lipinski definition) is 1. The van der Waals surface area contributed by atoms with Crippen LogP contribution in [0.3, 0.4) is 0 Å². The van der Waals surface area contributed by atoms with Gasteiger partial charge in [-0.15, -0.1) is 6.42 Å². The molecule has 0 aliphatic carbocycles. The minimum atomic E-state index is -0.739. The van der Waals surface area contributed by atoms with Crippen LogP contribution in [-0.2, 0) is 0 Å². The van der Waals surface area contributed by atoms with Crippen LogP contribution >= 0.6 is 0 Å². The van der Waals surface area contributed by atoms with Gasteiger partial charge in [0.1, 0.15) is 0 Å². The molecule has 0 aliphatic rings. The molecule has 0 unspecified atom stereocenters. The summed E-state index contributed by atoms with van der Waals surface area (Å²) in [5, 5.41) is 2.74. The Hall–Kier alpha value is -2.35. The molecule has 1 aromatic carbocycles. The summed E-state index contributed by atoms with van der Waals surface area (Å²) in [7, 11) is 4.48. The summed E-state index contributed by atoms with van der Waals surface area (Å²) in [6.45, 7) is 3.48. The number of carbonyl (C=O) groups is 1. The molecule has 1 N–H and O–H groups in total. The van der Waals surface area contributed by atoms with Crippen LogP contribution in [0.15, 0.2) is 12.1 Å². The van der Waals surface area contributed by atoms with E-state index in [2.05, 4.69) is 11.2 Å². The molecule has 0 bridgehead atoms. The number of benzene rings is 1. The second-order valence-corrected chi connectivity index (χ2v) is 4.64. The molecule has 20 heavy (non-hydrogen) atoms. The second-order valence-electron chi connectivity index (χ2n) is 4.64. The van der Waals surface area contributed by atoms with Gasteiger partial charge in [0.25, 0.3) is 5.91 Å². The van der Waals surface area contributed by atoms with Gasteiger partial charge < -0.3 is 19.5 Å². The van der Waals surface area contributed by atoms with Crippen molar-refractivity contribution < 1.29 is 19.0 Å². The van der Waals surface area contributed by atoms with Crippen LogP contribution in [0, 0.1) is 12.3 Å². The zero-order chi connectivity index (χ0) is 15.3. The number of rotatable bonds is 5. The first kappa shape index (κ1) is 15.7. The molecule has 108 valence electrons. The van der Waals surface area contributed by atoms with E-state index < -0.39 is 5.54 Å². The Morgan fingerprint density at radius 3 is 2.00 bits per heavy atom. The van der Waals surface area contributed by atoms with Crippen LogP contribution in [0.2, 0.25) is 0 Å². The monoisotopic (exact) mass is 277 g/mol. The van der Waals surface area contributed by atoms with Crippen molar-refractivity contribution in [2.45, 2.75) is 19.4 Å². The van der Waals surface area contributed by atoms with Gasteiger partial charge in [0.05, 0.1) is 26.9 Å². The predicted molar refractivity (Wildman–Crippen MR) is 76.5 cm³/mol. The highest BCUT2D eigenvalue weighted by Crippen LogP contribution is 2.38. The number of amides is 1. The fourth-order valence-electron chi connectivity index (χ4n) is 1.60. The topological polar surface area (TPSA) is 56.8 Å². The van der Waals surface area contributed by atoms with Gasteiger partial charge in [-0.3, -0.25) is 4.79 Å². The van der Waals surface area contributed by atoms with Crippen LogP contribution < -0.4 is 19.5 Å². The summed E-state index contributed by atoms with van der Waals surface area (Å²) in [4.78, 5) is 12.2. The van der Waals surface area contributed by atoms with Gasteiger partial charge in [0.15, 0.2) is 11.5 Å². The summed E-state index contributed by atoms with van der Waals surface area (Å²) in [5.41, 5.74) is -0.361. The van der Waals surface area contributed by atoms with Gasteiger partial charge >= 0.3 is 0 Å². The maximum absolute atomic E-state index is 12.2. The van der Waals surface area contributed by atoms with Crippen LogP contribution in [0.25, 0.3) is 0 Å². The van der Waals surface area contributed by atoms with Crippen LogP contribution in [0.4, 0.5) is 0 Å². The molecule has 5 nitrogen and oxygen atoms in total. The highest BCUT2D eigenvalue weighted by Gasteiger charge is 2.21. The molecule has 0 fully saturated rings. The van der Waals surface area contributed by atoms with Crippen molar-refractivity contribution in [1.29, 1.82) is 0 Å². The summed E-state index contributed by atoms with van der Waals surface area (Å²) in [6.07, 6.45) is 5.36. The van der Waals surface area contributed by atoms with E-state index in [4.69, 9.17) is 20.6 Å². The third-order valence-corrected chi connectivity index (χ3v) is 2.71. The lowest BCUT2D eigenvalue weighted by atomic mass is 10.1. The first-order chi connectivity index (χ1) is 9.38. The molecule has 0 atom stereocenters. The molecular weight excluding hydrogens is 258 g/mol. The quantitative estimate of drug-likeness (QED) is 0.835. The third kappa shape index (κ3) is 3.35. The molecule has 1 rings (SSSR count). The Kier molecular flexibility index (Phi) is 4.87. The standard InChI is InChI=1S/C15H19NO4/c1-7-15(2,3)16-14(17)10-8-11(18-4)13(20-6)12(9-10)19-5/h1,8-9H,2-6H3,(H,16,17). The lowest BCUT2D eigenvalue weighted by Gasteiger charge is -2.20. The minimum Gasteiger partial charge on any atom is -0.493 e. The minimum absolute atomic E-state index is 0.313. The number of hydrogen-bond acceptors (Lipinski definition) is 4. The van der Waals surface area contributed by atoms with E-state index in [0.717, 1.165) is 0 Å². The Morgan fingerprint density at radius 2 is 1.65 bits per heavy atom. The normalized spacial score (nSPS) is 10.4. The van der Waals surface area contributed by atoms with E-state index in [0.29, 0.717) is 22.8 Å². The second kappa shape index (κ2) is 6.20. The number of carbonyl (C=O) groups excluding carboxylic acids is 1. The van der Waals surface area contributed by atoms with Gasteiger partial charge in [-0.05, 0) is 26.0 Å². The van der Waals surface area contributed by atoms with E-state index in [1.54, 1.807) is 26.0 Å². The fraction of sp³-hybridized carbons (Fsp3) is 0.400. The molecule has 0 heterocycles. The molecule has 0 aliphatic heterocycles. The van der Waals surface area contributed by atoms with Crippen LogP contribution in [0.1, 0.15) is 24.2 Å². The summed E-state index contributed by atoms with van der Waals surface area (Å²) in [6, 6.07) is 3.15. The van der Waals surface area contributed by atoms with Crippen LogP contribution in [-0.4, -0.2) is 32.8 Å². The average Bonchev–Trinajstić information content (AvgIpc) is 2.44. The van der Waals surface area contributed by atoms with Crippen molar-refractivity contribution in [1.82, 2.24) is 5.32 Å². The van der Waals surface area contributed by atoms with Crippen LogP contribution in [0.5, 0.6) is 17.2 Å². The Morgan fingerprint density at radius 1 is 1.15 bits per heavy atom. The number of methoxy groups -OCH3 is 3. The van der Waals surface area contributed by atoms with Gasteiger partial charge in [-0.2, -0.15) is 0 Å². The predicted octanol–water partition coefficient (Wildman–Crippen LogP) is 1.85. The molecular formula is C15H19NO4. The Balaban J connectivity index is 3.20. The lowest BCUT2D eigenvalue weighted by Crippen LogP contribution is -2.42. The van der Waals surface area contributed by atoms with Gasteiger partial charge in [-0.1, -0.05) is 5.92 Å². The van der Waals surface area contributed by atoms with E-state index in [-0.39, 0.29) is 5.91 Å². The summed E-state index contributed by atoms with van der Waals surface area (Å²) in [5.74, 6) is 3.45. The Bertz CT molecular complexity index is 518. The molecule has 1 aromatic rings. The molecule has 0 aromatic heterocycles. The summed E-state index contributed by atoms with van der Waals surface area (Å²) >= 11 is 0. The third-order valence-electron chi connectivity index (χ3n) is 2.71. The van der Waals surface area contributed by atoms with Crippen molar-refractivity contribution in [2.75, 3.05) is 21.3 Å². The van der Waals surface area contributed by atoms with E-state index in [1.807, 2.05) is 0 Å².